The van der Waals surface area contributed by atoms with Crippen LogP contribution in [-0.2, 0) is 23.8 Å². The number of nitrogens with zero attached hydrogens (tertiary/aromatic N) is 2. The predicted molar refractivity (Wildman–Crippen MR) is 225 cm³/mol. The molecule has 3 heterocycles. The average molecular weight is 828 g/mol. The minimum absolute atomic E-state index is 0.00455. The molecule has 3 N–H and O–H groups in total. The van der Waals surface area contributed by atoms with Gasteiger partial charge in [0, 0.05) is 62.4 Å². The van der Waals surface area contributed by atoms with E-state index >= 15 is 0 Å². The van der Waals surface area contributed by atoms with Crippen LogP contribution in [0.2, 0.25) is 0 Å². The number of ketones is 1. The van der Waals surface area contributed by atoms with Crippen LogP contribution < -0.4 is 20.2 Å². The number of fused-ring (bicyclic) bond motifs is 2. The maximum absolute atomic E-state index is 14.6. The van der Waals surface area contributed by atoms with Crippen molar-refractivity contribution in [1.29, 1.82) is 0 Å². The monoisotopic (exact) mass is 827 g/mol. The van der Waals surface area contributed by atoms with Gasteiger partial charge in [0.1, 0.15) is 46.9 Å². The molecule has 15 heteroatoms. The number of benzene rings is 3. The number of likely N-dealkylation sites (N-methyl/N-ethyl adjacent to an activating group) is 1. The third-order valence-corrected chi connectivity index (χ3v) is 11.1. The van der Waals surface area contributed by atoms with Crippen LogP contribution in [0.5, 0.6) is 17.2 Å². The number of carbonyl (C=O) groups is 3. The van der Waals surface area contributed by atoms with Gasteiger partial charge in [0.25, 0.3) is 11.7 Å². The van der Waals surface area contributed by atoms with E-state index in [0.717, 1.165) is 0 Å². The van der Waals surface area contributed by atoms with E-state index in [-0.39, 0.29) is 68.3 Å². The molecule has 15 nitrogen and oxygen atoms in total. The van der Waals surface area contributed by atoms with Crippen molar-refractivity contribution in [2.24, 2.45) is 11.8 Å². The zero-order valence-corrected chi connectivity index (χ0v) is 35.4. The van der Waals surface area contributed by atoms with Gasteiger partial charge in [-0.15, -0.1) is 0 Å². The number of aliphatic hydroxyl groups is 1. The van der Waals surface area contributed by atoms with E-state index in [4.69, 9.17) is 33.1 Å². The van der Waals surface area contributed by atoms with Gasteiger partial charge in [0.15, 0.2) is 11.3 Å². The Bertz CT molecular complexity index is 2430. The van der Waals surface area contributed by atoms with Gasteiger partial charge < -0.3 is 48.5 Å². The Balaban J connectivity index is 1.55. The summed E-state index contributed by atoms with van der Waals surface area (Å²) in [4.78, 5) is 62.0. The number of carbonyl (C=O) groups excluding carboxylic acids is 3. The molecule has 1 amide bonds. The highest BCUT2D eigenvalue weighted by Crippen LogP contribution is 2.50. The van der Waals surface area contributed by atoms with E-state index in [9.17, 15) is 29.4 Å². The first-order valence-electron chi connectivity index (χ1n) is 19.9. The second-order valence-corrected chi connectivity index (χ2v) is 16.0. The number of phenolic OH excluding ortho intramolecular Hbond substituents is 1. The topological polar surface area (TPSA) is 196 Å². The number of phenols is 1. The van der Waals surface area contributed by atoms with Gasteiger partial charge >= 0.3 is 11.8 Å². The van der Waals surface area contributed by atoms with Crippen molar-refractivity contribution in [3.8, 4) is 28.7 Å². The molecule has 3 aliphatic heterocycles. The standard InChI is InChI=1S/C45H53N3O12/c1-23-11-10-12-24(2)44(54)47-38-40(52)35-34(37-42(38)59-33-22-29(14-15-30(33)46-37)56-20-18-48(7)8)36-41(26(4)39(35)51)60-45(6,43(36)53)57-19-17-28(55-9)21-32(58-27(5)49)25(3)31(50)16-13-23/h10-12,14-15,17,19,22-23,25,28,31-32,50-51H,13,16,18,20-21H2,1-9H3,(H,47,54)/b11-10+,19-17+,24-12-/t23-,25+,28-,31+,32+,45-/m0/s1. The first-order chi connectivity index (χ1) is 28.4. The summed E-state index contributed by atoms with van der Waals surface area (Å²) in [5.41, 5.74) is -0.279. The van der Waals surface area contributed by atoms with Crippen LogP contribution in [0.25, 0.3) is 33.3 Å². The van der Waals surface area contributed by atoms with Crippen LogP contribution in [0.4, 0.5) is 5.69 Å². The third-order valence-electron chi connectivity index (χ3n) is 11.1. The number of esters is 1. The van der Waals surface area contributed by atoms with E-state index in [1.165, 1.54) is 40.2 Å². The number of anilines is 1. The van der Waals surface area contributed by atoms with Crippen molar-refractivity contribution in [3.05, 3.63) is 75.7 Å². The highest BCUT2D eigenvalue weighted by atomic mass is 16.7. The molecule has 6 rings (SSSR count). The number of amides is 1. The molecule has 2 aromatic carbocycles. The number of nitrogens with one attached hydrogen (secondary N) is 1. The minimum atomic E-state index is -1.99. The smallest absolute Gasteiger partial charge is 0.312 e. The first-order valence-corrected chi connectivity index (χ1v) is 19.9. The van der Waals surface area contributed by atoms with Gasteiger partial charge in [0.05, 0.1) is 29.4 Å². The van der Waals surface area contributed by atoms with Gasteiger partial charge in [-0.05, 0) is 64.9 Å². The van der Waals surface area contributed by atoms with Crippen molar-refractivity contribution >= 4 is 45.2 Å². The zero-order valence-electron chi connectivity index (χ0n) is 35.4. The Labute approximate surface area is 347 Å². The molecule has 6 atom stereocenters. The van der Waals surface area contributed by atoms with Crippen molar-refractivity contribution in [2.75, 3.05) is 39.7 Å². The number of ether oxygens (including phenoxy) is 5. The van der Waals surface area contributed by atoms with Gasteiger partial charge in [-0.3, -0.25) is 19.2 Å². The van der Waals surface area contributed by atoms with Crippen LogP contribution >= 0.6 is 0 Å². The van der Waals surface area contributed by atoms with E-state index in [0.29, 0.717) is 37.3 Å². The molecule has 0 unspecified atom stereocenters. The predicted octanol–water partition coefficient (Wildman–Crippen LogP) is 6.43. The maximum atomic E-state index is 14.6. The molecule has 4 bridgehead atoms. The molecule has 0 aromatic heterocycles. The second-order valence-electron chi connectivity index (χ2n) is 16.0. The largest absolute Gasteiger partial charge is 0.507 e. The Kier molecular flexibility index (Phi) is 13.0. The fourth-order valence-electron chi connectivity index (χ4n) is 7.34. The summed E-state index contributed by atoms with van der Waals surface area (Å²) < 4.78 is 35.9. The quantitative estimate of drug-likeness (QED) is 0.109. The van der Waals surface area contributed by atoms with Crippen LogP contribution in [0.3, 0.4) is 0 Å². The van der Waals surface area contributed by atoms with E-state index in [1.807, 2.05) is 32.0 Å². The lowest BCUT2D eigenvalue weighted by Gasteiger charge is -2.30. The second kappa shape index (κ2) is 17.8. The summed E-state index contributed by atoms with van der Waals surface area (Å²) >= 11 is 0. The number of aliphatic hydroxyl groups excluding tert-OH is 1. The van der Waals surface area contributed by atoms with Gasteiger partial charge in [0.2, 0.25) is 5.43 Å². The lowest BCUT2D eigenvalue weighted by molar-refractivity contribution is -0.153. The summed E-state index contributed by atoms with van der Waals surface area (Å²) in [5, 5.41) is 25.3. The Morgan fingerprint density at radius 3 is 2.55 bits per heavy atom. The van der Waals surface area contributed by atoms with Gasteiger partial charge in [-0.2, -0.15) is 0 Å². The minimum Gasteiger partial charge on any atom is -0.507 e. The molecule has 0 fully saturated rings. The fourth-order valence-corrected chi connectivity index (χ4v) is 7.34. The highest BCUT2D eigenvalue weighted by Gasteiger charge is 2.50. The average Bonchev–Trinajstić information content (AvgIpc) is 3.46. The summed E-state index contributed by atoms with van der Waals surface area (Å²) in [6.45, 7) is 10.6. The third kappa shape index (κ3) is 8.88. The lowest BCUT2D eigenvalue weighted by atomic mass is 9.89. The maximum Gasteiger partial charge on any atom is 0.312 e. The lowest BCUT2D eigenvalue weighted by Crippen LogP contribution is -2.38. The number of allylic oxidation sites excluding steroid dienone is 3. The van der Waals surface area contributed by atoms with Crippen LogP contribution in [-0.4, -0.2) is 96.2 Å². The molecule has 0 spiro atoms. The summed E-state index contributed by atoms with van der Waals surface area (Å²) in [7, 11) is 5.32. The van der Waals surface area contributed by atoms with Crippen molar-refractivity contribution < 1.29 is 52.7 Å². The number of aromatic hydroxyl groups is 1. The van der Waals surface area contributed by atoms with Crippen LogP contribution in [0.15, 0.2) is 63.6 Å². The van der Waals surface area contributed by atoms with E-state index in [1.54, 1.807) is 44.2 Å². The van der Waals surface area contributed by atoms with Gasteiger partial charge in [-0.1, -0.05) is 32.1 Å². The number of hydrogen-bond donors (Lipinski definition) is 3. The van der Waals surface area contributed by atoms with Crippen molar-refractivity contribution in [1.82, 2.24) is 9.88 Å². The number of Topliss-reactive ketones (excluding diaryl/α,β-unsaturated/α-hetero) is 1. The van der Waals surface area contributed by atoms with Crippen LogP contribution in [0.1, 0.15) is 69.8 Å². The highest BCUT2D eigenvalue weighted by molar-refractivity contribution is 6.22. The molecule has 2 aromatic rings. The molecule has 0 radical (unpaired) electrons. The number of rotatable bonds is 6. The molecule has 60 heavy (non-hydrogen) atoms. The molecule has 4 aliphatic rings. The summed E-state index contributed by atoms with van der Waals surface area (Å²) in [5.74, 6) is -4.46. The Hall–Kier alpha value is -5.77. The van der Waals surface area contributed by atoms with Crippen molar-refractivity contribution in [3.63, 3.8) is 0 Å². The molecule has 1 aliphatic carbocycles. The number of hydrogen-bond acceptors (Lipinski definition) is 14. The molecule has 0 saturated carbocycles. The SMILES string of the molecule is CO[C@H]1/C=C/O[C@@]2(C)Oc3c(C)c(O)c4c(=O)c(c5oc6cc(OCCN(C)C)ccc6nc-5c4c3C2=O)NC(=O)/C(C)=C\C=C\[C@H](C)CC[C@@H](O)[C@@H](C)[C@H](OC(C)=O)C1. The van der Waals surface area contributed by atoms with Crippen molar-refractivity contribution in [2.45, 2.75) is 84.9 Å². The van der Waals surface area contributed by atoms with Gasteiger partial charge in [-0.25, -0.2) is 4.98 Å². The summed E-state index contributed by atoms with van der Waals surface area (Å²) in [6.07, 6.45) is 6.90. The normalized spacial score (nSPS) is 26.1. The van der Waals surface area contributed by atoms with E-state index in [2.05, 4.69) is 5.32 Å². The molecule has 320 valence electrons. The molecule has 0 saturated heterocycles. The first kappa shape index (κ1) is 43.8. The Morgan fingerprint density at radius 2 is 1.85 bits per heavy atom. The molecular formula is C45H53N3O12. The Morgan fingerprint density at radius 1 is 1.10 bits per heavy atom. The number of aromatic nitrogens is 1. The fraction of sp³-hybridized carbons (Fsp3) is 0.444. The number of methoxy groups -OCH3 is 1. The zero-order chi connectivity index (χ0) is 43.6. The molecular weight excluding hydrogens is 775 g/mol. The van der Waals surface area contributed by atoms with E-state index < -0.39 is 58.9 Å². The van der Waals surface area contributed by atoms with Crippen LogP contribution in [0, 0.1) is 18.8 Å². The summed E-state index contributed by atoms with van der Waals surface area (Å²) in [6, 6.07) is 5.01.